The van der Waals surface area contributed by atoms with Crippen LogP contribution in [-0.2, 0) is 14.8 Å². The zero-order chi connectivity index (χ0) is 15.8. The molecule has 0 aromatic carbocycles. The molecule has 0 spiro atoms. The van der Waals surface area contributed by atoms with E-state index >= 15 is 0 Å². The number of nitrogens with zero attached hydrogens (tertiary/aromatic N) is 1. The number of rotatable bonds is 3. The molecule has 1 saturated heterocycles. The third-order valence-corrected chi connectivity index (χ3v) is 6.78. The number of aliphatic carboxylic acids is 1. The molecule has 9 heteroatoms. The zero-order valence-corrected chi connectivity index (χ0v) is 12.2. The minimum Gasteiger partial charge on any atom is -0.480 e. The summed E-state index contributed by atoms with van der Waals surface area (Å²) in [6, 6.07) is -1.07. The molecule has 5 nitrogen and oxygen atoms in total. The van der Waals surface area contributed by atoms with E-state index < -0.39 is 39.4 Å². The van der Waals surface area contributed by atoms with Gasteiger partial charge >= 0.3 is 12.1 Å². The van der Waals surface area contributed by atoms with Gasteiger partial charge in [0.25, 0.3) is 0 Å². The van der Waals surface area contributed by atoms with E-state index in [0.717, 1.165) is 4.31 Å². The van der Waals surface area contributed by atoms with E-state index in [2.05, 4.69) is 0 Å². The average molecular weight is 329 g/mol. The van der Waals surface area contributed by atoms with Crippen molar-refractivity contribution in [1.82, 2.24) is 4.31 Å². The summed E-state index contributed by atoms with van der Waals surface area (Å²) in [5.74, 6) is -2.64. The quantitative estimate of drug-likeness (QED) is 0.859. The predicted molar refractivity (Wildman–Crippen MR) is 68.1 cm³/mol. The fourth-order valence-corrected chi connectivity index (χ4v) is 5.36. The Bertz CT molecular complexity index is 497. The molecule has 0 radical (unpaired) electrons. The van der Waals surface area contributed by atoms with Gasteiger partial charge in [-0.25, -0.2) is 8.42 Å². The van der Waals surface area contributed by atoms with Crippen LogP contribution < -0.4 is 0 Å². The molecule has 1 heterocycles. The molecule has 1 aliphatic heterocycles. The van der Waals surface area contributed by atoms with Gasteiger partial charge in [0.2, 0.25) is 10.0 Å². The number of carboxylic acids is 1. The highest BCUT2D eigenvalue weighted by Crippen LogP contribution is 2.40. The predicted octanol–water partition coefficient (Wildman–Crippen LogP) is 1.99. The van der Waals surface area contributed by atoms with Gasteiger partial charge in [0.1, 0.15) is 6.04 Å². The Kier molecular flexibility index (Phi) is 4.53. The van der Waals surface area contributed by atoms with Gasteiger partial charge in [-0.3, -0.25) is 4.79 Å². The van der Waals surface area contributed by atoms with Crippen molar-refractivity contribution in [3.63, 3.8) is 0 Å². The van der Waals surface area contributed by atoms with Gasteiger partial charge < -0.3 is 5.11 Å². The van der Waals surface area contributed by atoms with E-state index in [0.29, 0.717) is 6.42 Å². The smallest absolute Gasteiger partial charge is 0.391 e. The summed E-state index contributed by atoms with van der Waals surface area (Å²) < 4.78 is 63.6. The van der Waals surface area contributed by atoms with Crippen molar-refractivity contribution in [2.24, 2.45) is 5.92 Å². The molecule has 122 valence electrons. The van der Waals surface area contributed by atoms with Crippen LogP contribution in [0.2, 0.25) is 0 Å². The van der Waals surface area contributed by atoms with Crippen molar-refractivity contribution in [2.75, 3.05) is 6.54 Å². The SMILES string of the molecule is O=C(O)C1CCCN1S(=O)(=O)C1CCC(C(F)(F)F)CC1. The van der Waals surface area contributed by atoms with Gasteiger partial charge in [0, 0.05) is 6.54 Å². The summed E-state index contributed by atoms with van der Waals surface area (Å²) in [4.78, 5) is 11.1. The van der Waals surface area contributed by atoms with Crippen molar-refractivity contribution in [2.45, 2.75) is 56.0 Å². The van der Waals surface area contributed by atoms with E-state index in [1.165, 1.54) is 0 Å². The van der Waals surface area contributed by atoms with Crippen molar-refractivity contribution < 1.29 is 31.5 Å². The third kappa shape index (κ3) is 3.33. The Morgan fingerprint density at radius 2 is 1.67 bits per heavy atom. The molecule has 0 amide bonds. The van der Waals surface area contributed by atoms with Crippen molar-refractivity contribution in [3.8, 4) is 0 Å². The molecule has 2 aliphatic rings. The molecular weight excluding hydrogens is 311 g/mol. The zero-order valence-electron chi connectivity index (χ0n) is 11.3. The normalized spacial score (nSPS) is 32.2. The molecule has 1 N–H and O–H groups in total. The van der Waals surface area contributed by atoms with Gasteiger partial charge in [-0.15, -0.1) is 0 Å². The highest BCUT2D eigenvalue weighted by molar-refractivity contribution is 7.89. The Hall–Kier alpha value is -0.830. The maximum atomic E-state index is 12.6. The van der Waals surface area contributed by atoms with Gasteiger partial charge in [-0.1, -0.05) is 0 Å². The highest BCUT2D eigenvalue weighted by Gasteiger charge is 2.47. The second kappa shape index (κ2) is 5.75. The summed E-state index contributed by atoms with van der Waals surface area (Å²) in [7, 11) is -3.84. The van der Waals surface area contributed by atoms with Gasteiger partial charge in [0.15, 0.2) is 0 Å². The van der Waals surface area contributed by atoms with E-state index in [1.54, 1.807) is 0 Å². The molecule has 2 fully saturated rings. The summed E-state index contributed by atoms with van der Waals surface area (Å²) in [6.45, 7) is 0.137. The van der Waals surface area contributed by atoms with Crippen LogP contribution in [0.25, 0.3) is 0 Å². The van der Waals surface area contributed by atoms with Crippen LogP contribution in [0.3, 0.4) is 0 Å². The Morgan fingerprint density at radius 1 is 1.10 bits per heavy atom. The lowest BCUT2D eigenvalue weighted by molar-refractivity contribution is -0.181. The number of sulfonamides is 1. The van der Waals surface area contributed by atoms with E-state index in [4.69, 9.17) is 5.11 Å². The number of carbonyl (C=O) groups is 1. The lowest BCUT2D eigenvalue weighted by Gasteiger charge is -2.32. The first kappa shape index (κ1) is 16.5. The second-order valence-corrected chi connectivity index (χ2v) is 7.83. The summed E-state index contributed by atoms with van der Waals surface area (Å²) in [5, 5.41) is 8.15. The van der Waals surface area contributed by atoms with Crippen LogP contribution in [0.5, 0.6) is 0 Å². The van der Waals surface area contributed by atoms with Crippen LogP contribution in [0.4, 0.5) is 13.2 Å². The standard InChI is InChI=1S/C12H18F3NO4S/c13-12(14,15)8-3-5-9(6-4-8)21(19,20)16-7-1-2-10(16)11(17)18/h8-10H,1-7H2,(H,17,18). The second-order valence-electron chi connectivity index (χ2n) is 5.67. The van der Waals surface area contributed by atoms with Crippen molar-refractivity contribution in [1.29, 1.82) is 0 Å². The largest absolute Gasteiger partial charge is 0.480 e. The van der Waals surface area contributed by atoms with Gasteiger partial charge in [-0.2, -0.15) is 17.5 Å². The lowest BCUT2D eigenvalue weighted by Crippen LogP contribution is -2.46. The molecule has 21 heavy (non-hydrogen) atoms. The average Bonchev–Trinajstić information content (AvgIpc) is 2.88. The van der Waals surface area contributed by atoms with E-state index in [-0.39, 0.29) is 38.6 Å². The molecule has 1 saturated carbocycles. The van der Waals surface area contributed by atoms with Crippen molar-refractivity contribution >= 4 is 16.0 Å². The highest BCUT2D eigenvalue weighted by atomic mass is 32.2. The van der Waals surface area contributed by atoms with Crippen LogP contribution >= 0.6 is 0 Å². The first-order valence-corrected chi connectivity index (χ1v) is 8.44. The van der Waals surface area contributed by atoms with Crippen LogP contribution in [-0.4, -0.2) is 47.8 Å². The van der Waals surface area contributed by atoms with Gasteiger partial charge in [-0.05, 0) is 38.5 Å². The number of hydrogen-bond acceptors (Lipinski definition) is 3. The molecule has 1 atom stereocenters. The monoisotopic (exact) mass is 329 g/mol. The van der Waals surface area contributed by atoms with Crippen LogP contribution in [0.15, 0.2) is 0 Å². The molecule has 1 aliphatic carbocycles. The van der Waals surface area contributed by atoms with E-state index in [9.17, 15) is 26.4 Å². The number of hydrogen-bond donors (Lipinski definition) is 1. The minimum atomic E-state index is -4.29. The van der Waals surface area contributed by atoms with Crippen molar-refractivity contribution in [3.05, 3.63) is 0 Å². The third-order valence-electron chi connectivity index (χ3n) is 4.37. The number of alkyl halides is 3. The molecule has 0 aromatic rings. The molecule has 0 bridgehead atoms. The van der Waals surface area contributed by atoms with Crippen LogP contribution in [0, 0.1) is 5.92 Å². The van der Waals surface area contributed by atoms with Gasteiger partial charge in [0.05, 0.1) is 11.2 Å². The Labute approximate surface area is 121 Å². The summed E-state index contributed by atoms with van der Waals surface area (Å²) >= 11 is 0. The first-order valence-electron chi connectivity index (χ1n) is 6.94. The maximum absolute atomic E-state index is 12.6. The summed E-state index contributed by atoms with van der Waals surface area (Å²) in [6.07, 6.45) is -4.10. The molecular formula is C12H18F3NO4S. The fraction of sp³-hybridized carbons (Fsp3) is 0.917. The van der Waals surface area contributed by atoms with E-state index in [1.807, 2.05) is 0 Å². The number of halogens is 3. The molecule has 1 unspecified atom stereocenters. The summed E-state index contributed by atoms with van der Waals surface area (Å²) in [5.41, 5.74) is 0. The van der Waals surface area contributed by atoms with Crippen LogP contribution in [0.1, 0.15) is 38.5 Å². The first-order chi connectivity index (χ1) is 9.64. The Balaban J connectivity index is 2.07. The lowest BCUT2D eigenvalue weighted by atomic mass is 9.88. The molecule has 2 rings (SSSR count). The fourth-order valence-electron chi connectivity index (χ4n) is 3.17. The Morgan fingerprint density at radius 3 is 2.14 bits per heavy atom. The molecule has 0 aromatic heterocycles. The number of carboxylic acid groups (broad SMARTS) is 1. The minimum absolute atomic E-state index is 0.0602. The maximum Gasteiger partial charge on any atom is 0.391 e. The topological polar surface area (TPSA) is 74.7 Å².